The predicted molar refractivity (Wildman–Crippen MR) is 69.2 cm³/mol. The van der Waals surface area contributed by atoms with Gasteiger partial charge in [0.15, 0.2) is 0 Å². The van der Waals surface area contributed by atoms with Crippen LogP contribution in [0.25, 0.3) is 0 Å². The van der Waals surface area contributed by atoms with Crippen LogP contribution in [0, 0.1) is 5.82 Å². The number of nitrogens with one attached hydrogen (secondary N) is 2. The van der Waals surface area contributed by atoms with Crippen LogP contribution in [-0.2, 0) is 16.6 Å². The van der Waals surface area contributed by atoms with Crippen molar-refractivity contribution in [2.75, 3.05) is 7.05 Å². The van der Waals surface area contributed by atoms with Gasteiger partial charge in [-0.25, -0.2) is 17.5 Å². The fourth-order valence-corrected chi connectivity index (χ4v) is 2.87. The van der Waals surface area contributed by atoms with E-state index in [4.69, 9.17) is 0 Å². The van der Waals surface area contributed by atoms with Gasteiger partial charge in [-0.2, -0.15) is 0 Å². The lowest BCUT2D eigenvalue weighted by Gasteiger charge is -2.13. The van der Waals surface area contributed by atoms with Gasteiger partial charge >= 0.3 is 0 Å². The van der Waals surface area contributed by atoms with Crippen molar-refractivity contribution in [3.05, 3.63) is 29.6 Å². The normalized spacial score (nSPS) is 13.6. The second kappa shape index (κ2) is 6.26. The summed E-state index contributed by atoms with van der Waals surface area (Å²) in [6.45, 7) is 4.10. The van der Waals surface area contributed by atoms with Crippen LogP contribution in [0.15, 0.2) is 23.1 Å². The van der Waals surface area contributed by atoms with E-state index in [1.165, 1.54) is 12.1 Å². The lowest BCUT2D eigenvalue weighted by Crippen LogP contribution is -2.32. The molecule has 0 aliphatic rings. The molecule has 0 amide bonds. The zero-order valence-electron chi connectivity index (χ0n) is 10.8. The molecule has 0 aliphatic heterocycles. The smallest absolute Gasteiger partial charge is 0.243 e. The topological polar surface area (TPSA) is 58.2 Å². The van der Waals surface area contributed by atoms with Crippen molar-refractivity contribution in [2.24, 2.45) is 0 Å². The monoisotopic (exact) mass is 274 g/mol. The highest BCUT2D eigenvalue weighted by Gasteiger charge is 2.20. The van der Waals surface area contributed by atoms with E-state index in [9.17, 15) is 12.8 Å². The molecule has 4 nitrogen and oxygen atoms in total. The van der Waals surface area contributed by atoms with E-state index in [0.717, 1.165) is 0 Å². The molecule has 0 bridgehead atoms. The number of halogens is 1. The maximum Gasteiger partial charge on any atom is 0.243 e. The summed E-state index contributed by atoms with van der Waals surface area (Å²) in [6, 6.07) is 3.92. The van der Waals surface area contributed by atoms with Crippen LogP contribution in [0.1, 0.15) is 25.8 Å². The minimum atomic E-state index is -3.78. The Balaban J connectivity index is 3.02. The third kappa shape index (κ3) is 3.76. The molecule has 2 N–H and O–H groups in total. The van der Waals surface area contributed by atoms with Crippen molar-refractivity contribution in [1.29, 1.82) is 0 Å². The van der Waals surface area contributed by atoms with Crippen molar-refractivity contribution in [2.45, 2.75) is 37.8 Å². The highest BCUT2D eigenvalue weighted by atomic mass is 32.2. The van der Waals surface area contributed by atoms with Crippen molar-refractivity contribution in [3.8, 4) is 0 Å². The fourth-order valence-electron chi connectivity index (χ4n) is 1.49. The minimum Gasteiger partial charge on any atom is -0.316 e. The van der Waals surface area contributed by atoms with Gasteiger partial charge in [0, 0.05) is 12.6 Å². The molecule has 0 fully saturated rings. The summed E-state index contributed by atoms with van der Waals surface area (Å²) in [5.74, 6) is -0.724. The molecule has 18 heavy (non-hydrogen) atoms. The maximum absolute atomic E-state index is 13.8. The molecule has 1 rings (SSSR count). The van der Waals surface area contributed by atoms with Gasteiger partial charge in [-0.15, -0.1) is 0 Å². The van der Waals surface area contributed by atoms with Gasteiger partial charge in [0.1, 0.15) is 10.7 Å². The lowest BCUT2D eigenvalue weighted by molar-refractivity contribution is 0.538. The molecule has 0 saturated heterocycles. The Labute approximate surface area is 108 Å². The third-order valence-corrected chi connectivity index (χ3v) is 4.26. The Kier molecular flexibility index (Phi) is 5.25. The van der Waals surface area contributed by atoms with Crippen molar-refractivity contribution in [1.82, 2.24) is 10.0 Å². The van der Waals surface area contributed by atoms with Crippen LogP contribution in [0.5, 0.6) is 0 Å². The zero-order valence-corrected chi connectivity index (χ0v) is 11.6. The Morgan fingerprint density at radius 3 is 2.56 bits per heavy atom. The molecule has 0 radical (unpaired) electrons. The first kappa shape index (κ1) is 15.1. The van der Waals surface area contributed by atoms with Crippen LogP contribution in [0.2, 0.25) is 0 Å². The molecule has 0 saturated carbocycles. The van der Waals surface area contributed by atoms with E-state index in [1.54, 1.807) is 20.0 Å². The van der Waals surface area contributed by atoms with Gasteiger partial charge < -0.3 is 5.32 Å². The van der Waals surface area contributed by atoms with Gasteiger partial charge in [-0.05, 0) is 38.1 Å². The van der Waals surface area contributed by atoms with E-state index in [-0.39, 0.29) is 10.9 Å². The van der Waals surface area contributed by atoms with Gasteiger partial charge in [-0.1, -0.05) is 13.0 Å². The maximum atomic E-state index is 13.8. The number of rotatable bonds is 6. The second-order valence-corrected chi connectivity index (χ2v) is 5.91. The minimum absolute atomic E-state index is 0.216. The van der Waals surface area contributed by atoms with Crippen LogP contribution >= 0.6 is 0 Å². The standard InChI is InChI=1S/C12H19FN2O2S/c1-4-9(2)15-18(16,17)12-6-5-10(8-14-3)7-11(12)13/h5-7,9,14-15H,4,8H2,1-3H3. The quantitative estimate of drug-likeness (QED) is 0.829. The van der Waals surface area contributed by atoms with Crippen LogP contribution in [-0.4, -0.2) is 21.5 Å². The Morgan fingerprint density at radius 2 is 2.06 bits per heavy atom. The fraction of sp³-hybridized carbons (Fsp3) is 0.500. The molecule has 0 spiro atoms. The largest absolute Gasteiger partial charge is 0.316 e. The molecule has 102 valence electrons. The van der Waals surface area contributed by atoms with Crippen LogP contribution in [0.3, 0.4) is 0 Å². The van der Waals surface area contributed by atoms with Gasteiger partial charge in [0.25, 0.3) is 0 Å². The summed E-state index contributed by atoms with van der Waals surface area (Å²) in [6.07, 6.45) is 0.651. The number of benzene rings is 1. The van der Waals surface area contributed by atoms with Crippen molar-refractivity contribution in [3.63, 3.8) is 0 Å². The Morgan fingerprint density at radius 1 is 1.39 bits per heavy atom. The molecule has 0 aromatic heterocycles. The zero-order chi connectivity index (χ0) is 13.8. The predicted octanol–water partition coefficient (Wildman–Crippen LogP) is 1.62. The molecule has 1 atom stereocenters. The summed E-state index contributed by atoms with van der Waals surface area (Å²) in [5, 5.41) is 2.88. The molecule has 0 heterocycles. The van der Waals surface area contributed by atoms with Gasteiger partial charge in [-0.3, -0.25) is 0 Å². The third-order valence-electron chi connectivity index (χ3n) is 2.64. The molecule has 1 aromatic rings. The first-order valence-electron chi connectivity index (χ1n) is 5.86. The molecular formula is C12H19FN2O2S. The highest BCUT2D eigenvalue weighted by Crippen LogP contribution is 2.16. The summed E-state index contributed by atoms with van der Waals surface area (Å²) in [7, 11) is -2.04. The average molecular weight is 274 g/mol. The second-order valence-electron chi connectivity index (χ2n) is 4.23. The Hall–Kier alpha value is -0.980. The van der Waals surface area contributed by atoms with Crippen molar-refractivity contribution < 1.29 is 12.8 Å². The average Bonchev–Trinajstić information content (AvgIpc) is 2.28. The molecule has 6 heteroatoms. The molecule has 1 unspecified atom stereocenters. The highest BCUT2D eigenvalue weighted by molar-refractivity contribution is 7.89. The SMILES string of the molecule is CCC(C)NS(=O)(=O)c1ccc(CNC)cc1F. The van der Waals surface area contributed by atoms with Crippen LogP contribution < -0.4 is 10.0 Å². The summed E-state index contributed by atoms with van der Waals surface area (Å²) < 4.78 is 40.1. The molecule has 0 aliphatic carbocycles. The number of hydrogen-bond acceptors (Lipinski definition) is 3. The van der Waals surface area contributed by atoms with E-state index in [2.05, 4.69) is 10.0 Å². The lowest BCUT2D eigenvalue weighted by atomic mass is 10.2. The number of sulfonamides is 1. The van der Waals surface area contributed by atoms with E-state index >= 15 is 0 Å². The summed E-state index contributed by atoms with van der Waals surface area (Å²) >= 11 is 0. The Bertz CT molecular complexity index is 503. The van der Waals surface area contributed by atoms with Crippen molar-refractivity contribution >= 4 is 10.0 Å². The van der Waals surface area contributed by atoms with E-state index in [1.807, 2.05) is 6.92 Å². The molecule has 1 aromatic carbocycles. The summed E-state index contributed by atoms with van der Waals surface area (Å²) in [4.78, 5) is -0.303. The van der Waals surface area contributed by atoms with Gasteiger partial charge in [0.05, 0.1) is 0 Å². The first-order chi connectivity index (χ1) is 8.40. The summed E-state index contributed by atoms with van der Waals surface area (Å²) in [5.41, 5.74) is 0.706. The van der Waals surface area contributed by atoms with E-state index < -0.39 is 15.8 Å². The van der Waals surface area contributed by atoms with Crippen LogP contribution in [0.4, 0.5) is 4.39 Å². The molecular weight excluding hydrogens is 255 g/mol. The van der Waals surface area contributed by atoms with E-state index in [0.29, 0.717) is 18.5 Å². The van der Waals surface area contributed by atoms with Gasteiger partial charge in [0.2, 0.25) is 10.0 Å². The first-order valence-corrected chi connectivity index (χ1v) is 7.34. The number of hydrogen-bond donors (Lipinski definition) is 2.